The van der Waals surface area contributed by atoms with E-state index in [4.69, 9.17) is 4.74 Å². The molecule has 4 rings (SSSR count). The predicted octanol–water partition coefficient (Wildman–Crippen LogP) is 5.92. The molecule has 3 aromatic rings. The van der Waals surface area contributed by atoms with Crippen molar-refractivity contribution in [2.24, 2.45) is 0 Å². The van der Waals surface area contributed by atoms with E-state index in [2.05, 4.69) is 39.3 Å². The smallest absolute Gasteiger partial charge is 0.341 e. The second kappa shape index (κ2) is 10.6. The Kier molecular flexibility index (Phi) is 7.79. The maximum absolute atomic E-state index is 12.8. The molecule has 34 heavy (non-hydrogen) atoms. The average Bonchev–Trinajstić information content (AvgIpc) is 3.51. The van der Waals surface area contributed by atoms with E-state index in [0.717, 1.165) is 34.3 Å². The molecule has 0 radical (unpaired) electrons. The van der Waals surface area contributed by atoms with Gasteiger partial charge in [-0.15, -0.1) is 32.9 Å². The van der Waals surface area contributed by atoms with Crippen LogP contribution >= 0.6 is 34.4 Å². The number of rotatable bonds is 8. The van der Waals surface area contributed by atoms with E-state index in [1.807, 2.05) is 25.2 Å². The summed E-state index contributed by atoms with van der Waals surface area (Å²) >= 11 is 4.59. The van der Waals surface area contributed by atoms with Crippen molar-refractivity contribution in [2.45, 2.75) is 71.0 Å². The first-order chi connectivity index (χ1) is 16.3. The van der Waals surface area contributed by atoms with Crippen molar-refractivity contribution in [1.29, 1.82) is 0 Å². The summed E-state index contributed by atoms with van der Waals surface area (Å²) in [4.78, 5) is 27.6. The molecular weight excluding hydrogens is 488 g/mol. The van der Waals surface area contributed by atoms with Crippen LogP contribution in [0.2, 0.25) is 0 Å². The van der Waals surface area contributed by atoms with Gasteiger partial charge >= 0.3 is 5.97 Å². The first-order valence-electron chi connectivity index (χ1n) is 11.5. The number of aryl methyl sites for hydroxylation is 2. The van der Waals surface area contributed by atoms with Gasteiger partial charge in [0.15, 0.2) is 11.0 Å². The molecule has 1 amide bonds. The summed E-state index contributed by atoms with van der Waals surface area (Å²) in [6, 6.07) is 0.160. The first kappa shape index (κ1) is 24.9. The summed E-state index contributed by atoms with van der Waals surface area (Å²) in [5.41, 5.74) is 3.97. The van der Waals surface area contributed by atoms with Gasteiger partial charge in [-0.3, -0.25) is 9.36 Å². The second-order valence-corrected chi connectivity index (χ2v) is 11.7. The molecule has 7 nitrogen and oxygen atoms in total. The molecule has 3 aromatic heterocycles. The van der Waals surface area contributed by atoms with E-state index in [1.54, 1.807) is 0 Å². The number of carbonyl (C=O) groups is 2. The lowest BCUT2D eigenvalue weighted by Crippen LogP contribution is -2.17. The highest BCUT2D eigenvalue weighted by molar-refractivity contribution is 7.99. The number of hydrogen-bond acceptors (Lipinski definition) is 8. The highest BCUT2D eigenvalue weighted by atomic mass is 32.2. The molecule has 0 saturated carbocycles. The van der Waals surface area contributed by atoms with Gasteiger partial charge in [0.2, 0.25) is 5.91 Å². The number of carbonyl (C=O) groups excluding carboxylic acids is 2. The Bertz CT molecular complexity index is 1210. The van der Waals surface area contributed by atoms with Crippen LogP contribution in [-0.4, -0.2) is 39.5 Å². The summed E-state index contributed by atoms with van der Waals surface area (Å²) in [5, 5.41) is 15.4. The minimum Gasteiger partial charge on any atom is -0.465 e. The lowest BCUT2D eigenvalue weighted by atomic mass is 9.95. The molecule has 0 aromatic carbocycles. The van der Waals surface area contributed by atoms with Crippen molar-refractivity contribution in [1.82, 2.24) is 14.8 Å². The molecule has 0 unspecified atom stereocenters. The Labute approximate surface area is 212 Å². The summed E-state index contributed by atoms with van der Waals surface area (Å²) < 4.78 is 7.08. The highest BCUT2D eigenvalue weighted by Crippen LogP contribution is 2.38. The molecule has 10 heteroatoms. The van der Waals surface area contributed by atoms with Gasteiger partial charge in [-0.05, 0) is 64.0 Å². The Balaban J connectivity index is 1.52. The van der Waals surface area contributed by atoms with E-state index in [9.17, 15) is 9.59 Å². The molecular formula is C24H30N4O3S3. The van der Waals surface area contributed by atoms with Crippen LogP contribution in [0.1, 0.15) is 70.9 Å². The minimum absolute atomic E-state index is 0.160. The molecule has 182 valence electrons. The van der Waals surface area contributed by atoms with Crippen molar-refractivity contribution in [3.05, 3.63) is 31.8 Å². The van der Waals surface area contributed by atoms with Crippen molar-refractivity contribution in [3.63, 3.8) is 0 Å². The fourth-order valence-corrected chi connectivity index (χ4v) is 7.55. The lowest BCUT2D eigenvalue weighted by Gasteiger charge is -2.16. The third-order valence-corrected chi connectivity index (χ3v) is 9.12. The van der Waals surface area contributed by atoms with Crippen molar-refractivity contribution < 1.29 is 14.3 Å². The van der Waals surface area contributed by atoms with Crippen molar-refractivity contribution in [3.8, 4) is 11.4 Å². The van der Waals surface area contributed by atoms with Crippen molar-refractivity contribution in [2.75, 3.05) is 18.2 Å². The summed E-state index contributed by atoms with van der Waals surface area (Å²) in [7, 11) is 1.36. The number of amides is 1. The highest BCUT2D eigenvalue weighted by Gasteiger charge is 2.25. The molecule has 0 aliphatic heterocycles. The van der Waals surface area contributed by atoms with Crippen LogP contribution in [0.25, 0.3) is 11.4 Å². The number of thioether (sulfide) groups is 1. The number of anilines is 1. The van der Waals surface area contributed by atoms with Gasteiger partial charge < -0.3 is 10.1 Å². The zero-order valence-corrected chi connectivity index (χ0v) is 22.6. The van der Waals surface area contributed by atoms with Crippen LogP contribution in [-0.2, 0) is 28.8 Å². The standard InChI is InChI=1S/C24H30N4O3S3/c1-6-15-14(4)34-22(20(15)23(30)31-5)25-19(29)12-33-24-27-26-21(28(24)13(2)3)17-11-32-18-10-8-7-9-16(17)18/h11,13H,6-10,12H2,1-5H3,(H,25,29). The quantitative estimate of drug-likeness (QED) is 0.294. The molecule has 0 saturated heterocycles. The molecule has 0 fully saturated rings. The van der Waals surface area contributed by atoms with Gasteiger partial charge in [-0.25, -0.2) is 4.79 Å². The van der Waals surface area contributed by atoms with Crippen LogP contribution in [0.5, 0.6) is 0 Å². The first-order valence-corrected chi connectivity index (χ1v) is 14.2. The maximum atomic E-state index is 12.8. The number of ether oxygens (including phenoxy) is 1. The second-order valence-electron chi connectivity index (χ2n) is 8.55. The SMILES string of the molecule is CCc1c(C)sc(NC(=O)CSc2nnc(-c3csc4c3CCCC4)n2C(C)C)c1C(=O)OC. The number of nitrogens with zero attached hydrogens (tertiary/aromatic N) is 3. The predicted molar refractivity (Wildman–Crippen MR) is 139 cm³/mol. The van der Waals surface area contributed by atoms with Gasteiger partial charge in [0.1, 0.15) is 5.00 Å². The fraction of sp³-hybridized carbons (Fsp3) is 0.500. The topological polar surface area (TPSA) is 86.1 Å². The third-order valence-electron chi connectivity index (χ3n) is 6.02. The molecule has 3 heterocycles. The number of hydrogen-bond donors (Lipinski definition) is 1. The van der Waals surface area contributed by atoms with Gasteiger partial charge in [0.05, 0.1) is 18.4 Å². The van der Waals surface area contributed by atoms with Gasteiger partial charge in [-0.1, -0.05) is 18.7 Å². The van der Waals surface area contributed by atoms with E-state index in [0.29, 0.717) is 17.0 Å². The van der Waals surface area contributed by atoms with E-state index < -0.39 is 5.97 Å². The maximum Gasteiger partial charge on any atom is 0.341 e. The Morgan fingerprint density at radius 2 is 2.03 bits per heavy atom. The normalized spacial score (nSPS) is 13.2. The largest absolute Gasteiger partial charge is 0.465 e. The van der Waals surface area contributed by atoms with E-state index in [-0.39, 0.29) is 17.7 Å². The molecule has 1 aliphatic rings. The molecule has 0 bridgehead atoms. The number of fused-ring (bicyclic) bond motifs is 1. The van der Waals surface area contributed by atoms with Crippen LogP contribution < -0.4 is 5.32 Å². The molecule has 0 spiro atoms. The third kappa shape index (κ3) is 4.81. The monoisotopic (exact) mass is 518 g/mol. The minimum atomic E-state index is -0.424. The number of nitrogens with one attached hydrogen (secondary N) is 1. The summed E-state index contributed by atoms with van der Waals surface area (Å²) in [6.45, 7) is 8.17. The summed E-state index contributed by atoms with van der Waals surface area (Å²) in [6.07, 6.45) is 5.40. The summed E-state index contributed by atoms with van der Waals surface area (Å²) in [5.74, 6) is 0.442. The zero-order chi connectivity index (χ0) is 24.4. The Hall–Kier alpha value is -2.17. The number of esters is 1. The van der Waals surface area contributed by atoms with Crippen LogP contribution in [0, 0.1) is 6.92 Å². The lowest BCUT2D eigenvalue weighted by molar-refractivity contribution is -0.113. The van der Waals surface area contributed by atoms with E-state index >= 15 is 0 Å². The van der Waals surface area contributed by atoms with Crippen LogP contribution in [0.15, 0.2) is 10.5 Å². The Morgan fingerprint density at radius 3 is 2.74 bits per heavy atom. The average molecular weight is 519 g/mol. The molecule has 1 aliphatic carbocycles. The van der Waals surface area contributed by atoms with Crippen LogP contribution in [0.3, 0.4) is 0 Å². The van der Waals surface area contributed by atoms with Gasteiger partial charge in [-0.2, -0.15) is 0 Å². The molecule has 0 atom stereocenters. The van der Waals surface area contributed by atoms with Crippen LogP contribution in [0.4, 0.5) is 5.00 Å². The molecule has 1 N–H and O–H groups in total. The number of thiophene rings is 2. The van der Waals surface area contributed by atoms with E-state index in [1.165, 1.54) is 59.1 Å². The fourth-order valence-electron chi connectivity index (χ4n) is 4.41. The number of methoxy groups -OCH3 is 1. The number of aromatic nitrogens is 3. The Morgan fingerprint density at radius 1 is 1.26 bits per heavy atom. The zero-order valence-electron chi connectivity index (χ0n) is 20.2. The van der Waals surface area contributed by atoms with Gasteiger partial charge in [0.25, 0.3) is 0 Å². The van der Waals surface area contributed by atoms with Gasteiger partial charge in [0, 0.05) is 26.7 Å². The van der Waals surface area contributed by atoms with Crippen molar-refractivity contribution >= 4 is 51.3 Å².